The first-order valence-corrected chi connectivity index (χ1v) is 13.5. The van der Waals surface area contributed by atoms with Crippen molar-refractivity contribution in [2.45, 2.75) is 0 Å². The number of nitrogens with zero attached hydrogens (tertiary/aromatic N) is 1. The van der Waals surface area contributed by atoms with Gasteiger partial charge in [-0.15, -0.1) is 0 Å². The minimum atomic E-state index is -0.628. The summed E-state index contributed by atoms with van der Waals surface area (Å²) in [6.45, 7) is -0.839. The summed E-state index contributed by atoms with van der Waals surface area (Å²) in [7, 11) is 1.41. The molecule has 40 heavy (non-hydrogen) atoms. The Labute approximate surface area is 245 Å². The van der Waals surface area contributed by atoms with Crippen molar-refractivity contribution < 1.29 is 33.0 Å². The maximum Gasteiger partial charge on any atom is 0.294 e. The van der Waals surface area contributed by atoms with E-state index in [4.69, 9.17) is 21.1 Å². The lowest BCUT2D eigenvalue weighted by Gasteiger charge is -2.14. The Morgan fingerprint density at radius 2 is 1.80 bits per heavy atom. The van der Waals surface area contributed by atoms with E-state index < -0.39 is 35.3 Å². The lowest BCUT2D eigenvalue weighted by molar-refractivity contribution is -0.127. The Morgan fingerprint density at radius 1 is 1.07 bits per heavy atom. The van der Waals surface area contributed by atoms with E-state index in [0.29, 0.717) is 38.2 Å². The van der Waals surface area contributed by atoms with Gasteiger partial charge in [-0.25, -0.2) is 4.39 Å². The van der Waals surface area contributed by atoms with Crippen LogP contribution in [0.25, 0.3) is 6.08 Å². The van der Waals surface area contributed by atoms with Crippen LogP contribution in [0.4, 0.5) is 20.6 Å². The predicted molar refractivity (Wildman–Crippen MR) is 154 cm³/mol. The lowest BCUT2D eigenvalue weighted by atomic mass is 10.2. The number of methoxy groups -OCH3 is 1. The molecule has 0 aliphatic carbocycles. The van der Waals surface area contributed by atoms with Crippen LogP contribution in [0.2, 0.25) is 5.02 Å². The fraction of sp³-hybridized carbons (Fsp3) is 0.111. The van der Waals surface area contributed by atoms with Crippen molar-refractivity contribution in [2.24, 2.45) is 0 Å². The van der Waals surface area contributed by atoms with Crippen LogP contribution in [0, 0.1) is 5.82 Å². The number of rotatable bonds is 9. The first kappa shape index (κ1) is 29.1. The highest BCUT2D eigenvalue weighted by Gasteiger charge is 2.36. The molecule has 1 aliphatic rings. The van der Waals surface area contributed by atoms with Crippen molar-refractivity contribution >= 4 is 79.7 Å². The van der Waals surface area contributed by atoms with Crippen LogP contribution in [0.5, 0.6) is 11.5 Å². The molecular weight excluding hydrogens is 629 g/mol. The average molecular weight is 649 g/mol. The van der Waals surface area contributed by atoms with Crippen LogP contribution in [0.3, 0.4) is 0 Å². The SMILES string of the molecule is COc1cc(/C=C2/SC(=O)N(CC(=O)Nc3ccccc3Cl)C2=O)cc(Br)c1OCC(=O)Nc1ccc(F)cc1. The summed E-state index contributed by atoms with van der Waals surface area (Å²) in [5, 5.41) is 4.90. The summed E-state index contributed by atoms with van der Waals surface area (Å²) in [5.74, 6) is -1.61. The van der Waals surface area contributed by atoms with Gasteiger partial charge in [-0.05, 0) is 87.9 Å². The zero-order valence-corrected chi connectivity index (χ0v) is 23.9. The third-order valence-corrected chi connectivity index (χ3v) is 7.17. The lowest BCUT2D eigenvalue weighted by Crippen LogP contribution is -2.36. The van der Waals surface area contributed by atoms with Gasteiger partial charge in [-0.2, -0.15) is 0 Å². The van der Waals surface area contributed by atoms with Crippen LogP contribution in [-0.2, 0) is 14.4 Å². The van der Waals surface area contributed by atoms with Gasteiger partial charge in [0, 0.05) is 5.69 Å². The van der Waals surface area contributed by atoms with Crippen LogP contribution in [0.1, 0.15) is 5.56 Å². The molecule has 1 saturated heterocycles. The molecule has 2 N–H and O–H groups in total. The van der Waals surface area contributed by atoms with Crippen molar-refractivity contribution in [2.75, 3.05) is 30.9 Å². The van der Waals surface area contributed by atoms with Crippen molar-refractivity contribution in [1.82, 2.24) is 4.90 Å². The molecule has 1 aliphatic heterocycles. The third-order valence-electron chi connectivity index (χ3n) is 5.35. The van der Waals surface area contributed by atoms with Crippen molar-refractivity contribution in [3.8, 4) is 11.5 Å². The standard InChI is InChI=1S/C27H20BrClFN3O6S/c1-38-21-11-15(10-18(28)25(21)39-14-24(35)31-17-8-6-16(30)7-9-17)12-22-26(36)33(27(37)40-22)13-23(34)32-20-5-3-2-4-19(20)29/h2-12H,13-14H2,1H3,(H,31,35)(H,32,34)/b22-12+. The monoisotopic (exact) mass is 647 g/mol. The number of halogens is 3. The molecule has 0 radical (unpaired) electrons. The largest absolute Gasteiger partial charge is 0.493 e. The number of anilines is 2. The van der Waals surface area contributed by atoms with Gasteiger partial charge in [0.25, 0.3) is 17.1 Å². The van der Waals surface area contributed by atoms with Gasteiger partial charge in [-0.3, -0.25) is 24.1 Å². The van der Waals surface area contributed by atoms with Gasteiger partial charge in [0.05, 0.1) is 27.2 Å². The second-order valence-electron chi connectivity index (χ2n) is 8.17. The molecule has 0 bridgehead atoms. The number of amides is 4. The van der Waals surface area contributed by atoms with Crippen LogP contribution < -0.4 is 20.1 Å². The maximum atomic E-state index is 13.1. The summed E-state index contributed by atoms with van der Waals surface area (Å²) >= 11 is 10.1. The molecule has 0 aromatic heterocycles. The number of carbonyl (C=O) groups is 4. The summed E-state index contributed by atoms with van der Waals surface area (Å²) in [6.07, 6.45) is 1.48. The molecule has 0 unspecified atom stereocenters. The second kappa shape index (κ2) is 13.0. The van der Waals surface area contributed by atoms with Gasteiger partial charge < -0.3 is 20.1 Å². The molecule has 1 heterocycles. The maximum absolute atomic E-state index is 13.1. The molecule has 206 valence electrons. The summed E-state index contributed by atoms with van der Waals surface area (Å²) < 4.78 is 24.5. The van der Waals surface area contributed by atoms with E-state index in [1.54, 1.807) is 36.4 Å². The minimum Gasteiger partial charge on any atom is -0.493 e. The van der Waals surface area contributed by atoms with E-state index in [0.717, 1.165) is 4.90 Å². The van der Waals surface area contributed by atoms with Crippen LogP contribution in [-0.4, -0.2) is 48.1 Å². The Balaban J connectivity index is 1.42. The predicted octanol–water partition coefficient (Wildman–Crippen LogP) is 5.94. The molecule has 0 atom stereocenters. The molecule has 1 fully saturated rings. The van der Waals surface area contributed by atoms with Crippen molar-refractivity contribution in [3.63, 3.8) is 0 Å². The van der Waals surface area contributed by atoms with Crippen LogP contribution in [0.15, 0.2) is 70.0 Å². The quantitative estimate of drug-likeness (QED) is 0.276. The highest BCUT2D eigenvalue weighted by molar-refractivity contribution is 9.10. The number of benzene rings is 3. The topological polar surface area (TPSA) is 114 Å². The number of ether oxygens (including phenoxy) is 2. The number of hydrogen-bond acceptors (Lipinski definition) is 7. The smallest absolute Gasteiger partial charge is 0.294 e. The van der Waals surface area contributed by atoms with Crippen LogP contribution >= 0.6 is 39.3 Å². The molecule has 4 amide bonds. The summed E-state index contributed by atoms with van der Waals surface area (Å²) in [4.78, 5) is 51.1. The minimum absolute atomic E-state index is 0.108. The van der Waals surface area contributed by atoms with Crippen molar-refractivity contribution in [1.29, 1.82) is 0 Å². The van der Waals surface area contributed by atoms with E-state index in [1.165, 1.54) is 37.5 Å². The van der Waals surface area contributed by atoms with Gasteiger partial charge in [0.15, 0.2) is 18.1 Å². The first-order chi connectivity index (χ1) is 19.1. The van der Waals surface area contributed by atoms with E-state index in [1.807, 2.05) is 0 Å². The molecule has 0 saturated carbocycles. The molecule has 4 rings (SSSR count). The molecule has 13 heteroatoms. The summed E-state index contributed by atoms with van der Waals surface area (Å²) in [6, 6.07) is 15.1. The fourth-order valence-electron chi connectivity index (χ4n) is 3.51. The Bertz CT molecular complexity index is 1520. The molecule has 3 aromatic rings. The van der Waals surface area contributed by atoms with E-state index in [-0.39, 0.29) is 23.0 Å². The van der Waals surface area contributed by atoms with E-state index in [9.17, 15) is 23.6 Å². The molecule has 0 spiro atoms. The average Bonchev–Trinajstić information content (AvgIpc) is 3.17. The third kappa shape index (κ3) is 7.20. The van der Waals surface area contributed by atoms with Gasteiger partial charge >= 0.3 is 0 Å². The first-order valence-electron chi connectivity index (χ1n) is 11.5. The highest BCUT2D eigenvalue weighted by atomic mass is 79.9. The Hall–Kier alpha value is -3.87. The van der Waals surface area contributed by atoms with Gasteiger partial charge in [0.2, 0.25) is 5.91 Å². The molecule has 3 aromatic carbocycles. The van der Waals surface area contributed by atoms with Gasteiger partial charge in [-0.1, -0.05) is 23.7 Å². The zero-order valence-electron chi connectivity index (χ0n) is 20.7. The number of hydrogen-bond donors (Lipinski definition) is 2. The molecular formula is C27H20BrClFN3O6S. The molecule has 9 nitrogen and oxygen atoms in total. The number of carbonyl (C=O) groups excluding carboxylic acids is 4. The second-order valence-corrected chi connectivity index (χ2v) is 10.4. The number of nitrogens with one attached hydrogen (secondary N) is 2. The van der Waals surface area contributed by atoms with E-state index in [2.05, 4.69) is 26.6 Å². The fourth-order valence-corrected chi connectivity index (χ4v) is 5.11. The van der Waals surface area contributed by atoms with Gasteiger partial charge in [0.1, 0.15) is 12.4 Å². The highest BCUT2D eigenvalue weighted by Crippen LogP contribution is 2.39. The Morgan fingerprint density at radius 3 is 2.50 bits per heavy atom. The number of para-hydroxylation sites is 1. The number of imide groups is 1. The van der Waals surface area contributed by atoms with Crippen molar-refractivity contribution in [3.05, 3.63) is 86.4 Å². The van der Waals surface area contributed by atoms with E-state index >= 15 is 0 Å². The normalized spacial score (nSPS) is 13.9. The summed E-state index contributed by atoms with van der Waals surface area (Å²) in [5.41, 5.74) is 1.27. The number of thioether (sulfide) groups is 1. The Kier molecular flexibility index (Phi) is 9.46. The zero-order chi connectivity index (χ0) is 28.8.